The van der Waals surface area contributed by atoms with Crippen LogP contribution in [-0.4, -0.2) is 51.8 Å². The number of carbonyl (C=O) groups is 1. The fourth-order valence-corrected chi connectivity index (χ4v) is 5.84. The molecule has 35 heavy (non-hydrogen) atoms. The summed E-state index contributed by atoms with van der Waals surface area (Å²) in [5.74, 6) is -2.72. The second-order valence-electron chi connectivity index (χ2n) is 9.55. The van der Waals surface area contributed by atoms with Crippen molar-refractivity contribution in [1.29, 1.82) is 0 Å². The van der Waals surface area contributed by atoms with Gasteiger partial charge in [0.2, 0.25) is 0 Å². The van der Waals surface area contributed by atoms with Gasteiger partial charge in [-0.1, -0.05) is 0 Å². The van der Waals surface area contributed by atoms with Gasteiger partial charge in [-0.05, 0) is 61.4 Å². The number of ether oxygens (including phenoxy) is 2. The highest BCUT2D eigenvalue weighted by Gasteiger charge is 2.53. The van der Waals surface area contributed by atoms with E-state index in [-0.39, 0.29) is 11.8 Å². The molecule has 2 fully saturated rings. The monoisotopic (exact) mass is 481 g/mol. The average molecular weight is 481 g/mol. The summed E-state index contributed by atoms with van der Waals surface area (Å²) in [5, 5.41) is 18.8. The Hall–Kier alpha value is -3.30. The van der Waals surface area contributed by atoms with Crippen molar-refractivity contribution >= 4 is 27.8 Å². The Bertz CT molecular complexity index is 1450. The minimum Gasteiger partial charge on any atom is -0.479 e. The second kappa shape index (κ2) is 8.13. The van der Waals surface area contributed by atoms with Crippen LogP contribution in [0.1, 0.15) is 48.8 Å². The number of methoxy groups -OCH3 is 1. The molecule has 2 aromatic heterocycles. The number of halogens is 2. The lowest BCUT2D eigenvalue weighted by atomic mass is 9.66. The van der Waals surface area contributed by atoms with E-state index in [1.807, 2.05) is 16.7 Å². The molecule has 2 aromatic carbocycles. The third-order valence-corrected chi connectivity index (χ3v) is 7.71. The summed E-state index contributed by atoms with van der Waals surface area (Å²) in [7, 11) is 1.43. The van der Waals surface area contributed by atoms with Crippen LogP contribution >= 0.6 is 0 Å². The lowest BCUT2D eigenvalue weighted by Gasteiger charge is -2.44. The number of hydrogen-bond donors (Lipinski definition) is 2. The van der Waals surface area contributed by atoms with E-state index < -0.39 is 23.2 Å². The Morgan fingerprint density at radius 2 is 1.94 bits per heavy atom. The number of nitrogens with one attached hydrogen (secondary N) is 1. The number of benzene rings is 2. The first-order valence-electron chi connectivity index (χ1n) is 11.7. The fourth-order valence-electron chi connectivity index (χ4n) is 5.84. The van der Waals surface area contributed by atoms with Crippen molar-refractivity contribution in [3.63, 3.8) is 0 Å². The van der Waals surface area contributed by atoms with E-state index in [1.54, 1.807) is 12.3 Å². The van der Waals surface area contributed by atoms with E-state index in [0.29, 0.717) is 31.7 Å². The molecule has 1 aliphatic carbocycles. The van der Waals surface area contributed by atoms with Gasteiger partial charge in [-0.2, -0.15) is 5.10 Å². The van der Waals surface area contributed by atoms with Crippen LogP contribution in [0.3, 0.4) is 0 Å². The molecule has 0 atom stereocenters. The van der Waals surface area contributed by atoms with Gasteiger partial charge >= 0.3 is 5.97 Å². The molecule has 9 heteroatoms. The lowest BCUT2D eigenvalue weighted by Crippen LogP contribution is -2.51. The van der Waals surface area contributed by atoms with Crippen LogP contribution in [0, 0.1) is 11.6 Å². The number of H-pyrrole nitrogens is 1. The molecule has 0 unspecified atom stereocenters. The van der Waals surface area contributed by atoms with Crippen LogP contribution in [0.2, 0.25) is 0 Å². The minimum absolute atomic E-state index is 0.0571. The first kappa shape index (κ1) is 22.2. The SMILES string of the molecule is CO[C@]1(C(=O)O)C[C@H](c2c(C3CCOCC3)n(-c3ccc(F)c(F)c3)c3cc4cn[nH]c4cc32)C1. The Morgan fingerprint density at radius 1 is 1.17 bits per heavy atom. The molecule has 182 valence electrons. The van der Waals surface area contributed by atoms with Crippen LogP contribution in [0.4, 0.5) is 8.78 Å². The number of fused-ring (bicyclic) bond motifs is 2. The van der Waals surface area contributed by atoms with Gasteiger partial charge in [0.15, 0.2) is 17.2 Å². The van der Waals surface area contributed by atoms with Crippen LogP contribution < -0.4 is 0 Å². The van der Waals surface area contributed by atoms with Crippen LogP contribution in [0.5, 0.6) is 0 Å². The Labute approximate surface area is 199 Å². The maximum atomic E-state index is 14.4. The normalized spacial score (nSPS) is 23.1. The molecular weight excluding hydrogens is 456 g/mol. The fraction of sp³-hybridized carbons (Fsp3) is 0.385. The molecule has 0 bridgehead atoms. The quantitative estimate of drug-likeness (QED) is 0.418. The maximum absolute atomic E-state index is 14.4. The maximum Gasteiger partial charge on any atom is 0.335 e. The molecule has 1 aliphatic heterocycles. The molecule has 7 nitrogen and oxygen atoms in total. The predicted octanol–water partition coefficient (Wildman–Crippen LogP) is 5.03. The summed E-state index contributed by atoms with van der Waals surface area (Å²) in [5.41, 5.74) is 3.07. The summed E-state index contributed by atoms with van der Waals surface area (Å²) in [6.45, 7) is 1.21. The zero-order chi connectivity index (χ0) is 24.3. The van der Waals surface area contributed by atoms with Gasteiger partial charge in [0, 0.05) is 54.5 Å². The number of nitrogens with zero attached hydrogens (tertiary/aromatic N) is 2. The molecular formula is C26H25F2N3O4. The van der Waals surface area contributed by atoms with Crippen molar-refractivity contribution in [3.8, 4) is 5.69 Å². The van der Waals surface area contributed by atoms with Crippen LogP contribution in [0.25, 0.3) is 27.5 Å². The summed E-state index contributed by atoms with van der Waals surface area (Å²) < 4.78 is 41.3. The highest BCUT2D eigenvalue weighted by Crippen LogP contribution is 2.53. The molecule has 6 rings (SSSR count). The van der Waals surface area contributed by atoms with E-state index in [2.05, 4.69) is 10.2 Å². The van der Waals surface area contributed by atoms with E-state index in [0.717, 1.165) is 52.0 Å². The number of aliphatic carboxylic acids is 1. The second-order valence-corrected chi connectivity index (χ2v) is 9.55. The van der Waals surface area contributed by atoms with E-state index >= 15 is 0 Å². The van der Waals surface area contributed by atoms with E-state index in [4.69, 9.17) is 9.47 Å². The number of aromatic nitrogens is 3. The summed E-state index contributed by atoms with van der Waals surface area (Å²) >= 11 is 0. The first-order chi connectivity index (χ1) is 16.9. The van der Waals surface area contributed by atoms with E-state index in [9.17, 15) is 18.7 Å². The van der Waals surface area contributed by atoms with Crippen molar-refractivity contribution in [3.05, 3.63) is 59.4 Å². The highest BCUT2D eigenvalue weighted by atomic mass is 19.2. The van der Waals surface area contributed by atoms with Crippen molar-refractivity contribution in [1.82, 2.24) is 14.8 Å². The van der Waals surface area contributed by atoms with Gasteiger partial charge in [-0.25, -0.2) is 13.6 Å². The lowest BCUT2D eigenvalue weighted by molar-refractivity contribution is -0.175. The van der Waals surface area contributed by atoms with Crippen LogP contribution in [0.15, 0.2) is 36.5 Å². The van der Waals surface area contributed by atoms with Gasteiger partial charge in [-0.3, -0.25) is 5.10 Å². The van der Waals surface area contributed by atoms with Gasteiger partial charge in [0.1, 0.15) is 0 Å². The van der Waals surface area contributed by atoms with Gasteiger partial charge < -0.3 is 19.1 Å². The minimum atomic E-state index is -1.22. The molecule has 0 amide bonds. The number of aromatic amines is 1. The first-order valence-corrected chi connectivity index (χ1v) is 11.7. The van der Waals surface area contributed by atoms with Crippen molar-refractivity contribution in [2.75, 3.05) is 20.3 Å². The summed E-state index contributed by atoms with van der Waals surface area (Å²) in [6.07, 6.45) is 3.98. The van der Waals surface area contributed by atoms with Gasteiger partial charge in [-0.15, -0.1) is 0 Å². The number of carboxylic acid groups (broad SMARTS) is 1. The standard InChI is InChI=1S/C26H25F2N3O4/c1-34-26(25(32)33)11-16(12-26)23-18-10-21-15(13-29-30-21)8-22(18)31(17-2-3-19(27)20(28)9-17)24(23)14-4-6-35-7-5-14/h2-3,8-10,13-14,16H,4-7,11-12H2,1H3,(H,29,30)(H,32,33)/t16-,26+. The molecule has 4 aromatic rings. The predicted molar refractivity (Wildman–Crippen MR) is 125 cm³/mol. The molecule has 2 N–H and O–H groups in total. The number of carboxylic acids is 1. The summed E-state index contributed by atoms with van der Waals surface area (Å²) in [6, 6.07) is 7.98. The van der Waals surface area contributed by atoms with Gasteiger partial charge in [0.25, 0.3) is 0 Å². The number of rotatable bonds is 5. The third kappa shape index (κ3) is 3.36. The molecule has 1 saturated heterocycles. The smallest absolute Gasteiger partial charge is 0.335 e. The average Bonchev–Trinajstić information content (AvgIpc) is 3.41. The van der Waals surface area contributed by atoms with E-state index in [1.165, 1.54) is 13.2 Å². The molecule has 2 aliphatic rings. The summed E-state index contributed by atoms with van der Waals surface area (Å²) in [4.78, 5) is 12.0. The zero-order valence-electron chi connectivity index (χ0n) is 19.2. The Morgan fingerprint density at radius 3 is 2.63 bits per heavy atom. The largest absolute Gasteiger partial charge is 0.479 e. The van der Waals surface area contributed by atoms with Crippen molar-refractivity contribution < 1.29 is 28.2 Å². The Balaban J connectivity index is 1.64. The molecule has 3 heterocycles. The molecule has 0 spiro atoms. The highest BCUT2D eigenvalue weighted by molar-refractivity contribution is 5.99. The molecule has 1 saturated carbocycles. The Kier molecular flexibility index (Phi) is 5.16. The van der Waals surface area contributed by atoms with Crippen molar-refractivity contribution in [2.45, 2.75) is 43.1 Å². The number of hydrogen-bond acceptors (Lipinski definition) is 4. The molecule has 0 radical (unpaired) electrons. The van der Waals surface area contributed by atoms with Gasteiger partial charge in [0.05, 0.1) is 17.2 Å². The van der Waals surface area contributed by atoms with Crippen molar-refractivity contribution in [2.24, 2.45) is 0 Å². The third-order valence-electron chi connectivity index (χ3n) is 7.71. The van der Waals surface area contributed by atoms with Crippen LogP contribution in [-0.2, 0) is 14.3 Å². The topological polar surface area (TPSA) is 89.4 Å². The zero-order valence-corrected chi connectivity index (χ0v) is 19.2.